The standard InChI is InChI=1S/C17H20BrNO2/c1-20-16-6-2-14(3-7-16)10-11-19-12-13-21-17-8-4-15(18)5-9-17/h2-9,19H,10-13H2,1H3. The number of nitrogens with one attached hydrogen (secondary N) is 1. The lowest BCUT2D eigenvalue weighted by atomic mass is 10.1. The summed E-state index contributed by atoms with van der Waals surface area (Å²) in [5.41, 5.74) is 1.30. The summed E-state index contributed by atoms with van der Waals surface area (Å²) in [5, 5.41) is 3.38. The highest BCUT2D eigenvalue weighted by atomic mass is 79.9. The highest BCUT2D eigenvalue weighted by Crippen LogP contribution is 2.15. The molecule has 0 spiro atoms. The van der Waals surface area contributed by atoms with Crippen LogP contribution in [0.15, 0.2) is 53.0 Å². The Morgan fingerprint density at radius 1 is 0.905 bits per heavy atom. The van der Waals surface area contributed by atoms with Crippen molar-refractivity contribution in [3.8, 4) is 11.5 Å². The number of hydrogen-bond acceptors (Lipinski definition) is 3. The van der Waals surface area contributed by atoms with Gasteiger partial charge in [0.05, 0.1) is 7.11 Å². The summed E-state index contributed by atoms with van der Waals surface area (Å²) in [4.78, 5) is 0. The van der Waals surface area contributed by atoms with Crippen LogP contribution in [0.2, 0.25) is 0 Å². The van der Waals surface area contributed by atoms with Crippen molar-refractivity contribution in [2.45, 2.75) is 6.42 Å². The van der Waals surface area contributed by atoms with Crippen LogP contribution in [-0.2, 0) is 6.42 Å². The molecular weight excluding hydrogens is 330 g/mol. The van der Waals surface area contributed by atoms with Crippen molar-refractivity contribution in [2.75, 3.05) is 26.8 Å². The summed E-state index contributed by atoms with van der Waals surface area (Å²) >= 11 is 3.40. The van der Waals surface area contributed by atoms with Crippen LogP contribution in [0.25, 0.3) is 0 Å². The lowest BCUT2D eigenvalue weighted by Gasteiger charge is -2.08. The molecule has 112 valence electrons. The van der Waals surface area contributed by atoms with Crippen molar-refractivity contribution in [3.05, 3.63) is 58.6 Å². The average Bonchev–Trinajstić information content (AvgIpc) is 2.53. The number of hydrogen-bond donors (Lipinski definition) is 1. The van der Waals surface area contributed by atoms with Crippen LogP contribution < -0.4 is 14.8 Å². The molecule has 0 saturated carbocycles. The van der Waals surface area contributed by atoms with Gasteiger partial charge in [0.1, 0.15) is 18.1 Å². The fraction of sp³-hybridized carbons (Fsp3) is 0.294. The molecule has 0 aliphatic carbocycles. The Labute approximate surface area is 134 Å². The molecule has 1 N–H and O–H groups in total. The molecule has 0 unspecified atom stereocenters. The third-order valence-electron chi connectivity index (χ3n) is 3.11. The maximum atomic E-state index is 5.64. The Balaban J connectivity index is 1.58. The number of methoxy groups -OCH3 is 1. The van der Waals surface area contributed by atoms with Gasteiger partial charge >= 0.3 is 0 Å². The summed E-state index contributed by atoms with van der Waals surface area (Å²) in [6, 6.07) is 16.1. The molecule has 0 amide bonds. The second kappa shape index (κ2) is 8.70. The molecular formula is C17H20BrNO2. The molecule has 0 aliphatic rings. The van der Waals surface area contributed by atoms with Crippen LogP contribution in [-0.4, -0.2) is 26.8 Å². The molecule has 0 atom stereocenters. The maximum Gasteiger partial charge on any atom is 0.119 e. The summed E-state index contributed by atoms with van der Waals surface area (Å²) in [5.74, 6) is 1.80. The normalized spacial score (nSPS) is 10.4. The molecule has 3 nitrogen and oxygen atoms in total. The highest BCUT2D eigenvalue weighted by Gasteiger charge is 1.96. The van der Waals surface area contributed by atoms with Crippen molar-refractivity contribution in [1.29, 1.82) is 0 Å². The average molecular weight is 350 g/mol. The first-order chi connectivity index (χ1) is 10.3. The van der Waals surface area contributed by atoms with Crippen LogP contribution >= 0.6 is 15.9 Å². The van der Waals surface area contributed by atoms with Crippen LogP contribution in [0, 0.1) is 0 Å². The zero-order valence-electron chi connectivity index (χ0n) is 12.1. The minimum atomic E-state index is 0.671. The molecule has 0 heterocycles. The molecule has 2 aromatic carbocycles. The van der Waals surface area contributed by atoms with E-state index in [1.165, 1.54) is 5.56 Å². The van der Waals surface area contributed by atoms with Crippen molar-refractivity contribution < 1.29 is 9.47 Å². The Bertz CT molecular complexity index is 525. The van der Waals surface area contributed by atoms with Gasteiger partial charge in [-0.25, -0.2) is 0 Å². The molecule has 0 aliphatic heterocycles. The van der Waals surface area contributed by atoms with E-state index in [0.717, 1.165) is 35.5 Å². The van der Waals surface area contributed by atoms with Gasteiger partial charge in [0.25, 0.3) is 0 Å². The van der Waals surface area contributed by atoms with E-state index in [0.29, 0.717) is 6.61 Å². The molecule has 0 fully saturated rings. The van der Waals surface area contributed by atoms with E-state index in [2.05, 4.69) is 33.4 Å². The Morgan fingerprint density at radius 2 is 1.57 bits per heavy atom. The zero-order valence-corrected chi connectivity index (χ0v) is 13.7. The number of benzene rings is 2. The molecule has 0 saturated heterocycles. The molecule has 21 heavy (non-hydrogen) atoms. The van der Waals surface area contributed by atoms with Crippen LogP contribution in [0.1, 0.15) is 5.56 Å². The van der Waals surface area contributed by atoms with Gasteiger partial charge in [0.2, 0.25) is 0 Å². The van der Waals surface area contributed by atoms with Gasteiger partial charge in [-0.3, -0.25) is 0 Å². The van der Waals surface area contributed by atoms with E-state index in [1.54, 1.807) is 7.11 Å². The Hall–Kier alpha value is -1.52. The Morgan fingerprint density at radius 3 is 2.24 bits per heavy atom. The zero-order chi connectivity index (χ0) is 14.9. The molecule has 0 aromatic heterocycles. The second-order valence-electron chi connectivity index (χ2n) is 4.65. The molecule has 0 bridgehead atoms. The van der Waals surface area contributed by atoms with Gasteiger partial charge in [-0.05, 0) is 54.9 Å². The highest BCUT2D eigenvalue weighted by molar-refractivity contribution is 9.10. The smallest absolute Gasteiger partial charge is 0.119 e. The van der Waals surface area contributed by atoms with Gasteiger partial charge in [0, 0.05) is 11.0 Å². The van der Waals surface area contributed by atoms with Crippen molar-refractivity contribution >= 4 is 15.9 Å². The van der Waals surface area contributed by atoms with Crippen LogP contribution in [0.4, 0.5) is 0 Å². The topological polar surface area (TPSA) is 30.5 Å². The van der Waals surface area contributed by atoms with Gasteiger partial charge in [-0.2, -0.15) is 0 Å². The number of ether oxygens (including phenoxy) is 2. The summed E-state index contributed by atoms with van der Waals surface area (Å²) < 4.78 is 11.8. The maximum absolute atomic E-state index is 5.64. The monoisotopic (exact) mass is 349 g/mol. The van der Waals surface area contributed by atoms with E-state index in [4.69, 9.17) is 9.47 Å². The first-order valence-corrected chi connectivity index (χ1v) is 7.79. The quantitative estimate of drug-likeness (QED) is 0.737. The second-order valence-corrected chi connectivity index (χ2v) is 5.57. The summed E-state index contributed by atoms with van der Waals surface area (Å²) in [6.07, 6.45) is 1.00. The van der Waals surface area contributed by atoms with Gasteiger partial charge in [-0.15, -0.1) is 0 Å². The SMILES string of the molecule is COc1ccc(CCNCCOc2ccc(Br)cc2)cc1. The van der Waals surface area contributed by atoms with Crippen LogP contribution in [0.3, 0.4) is 0 Å². The lowest BCUT2D eigenvalue weighted by Crippen LogP contribution is -2.23. The third kappa shape index (κ3) is 5.78. The van der Waals surface area contributed by atoms with Gasteiger partial charge in [-0.1, -0.05) is 28.1 Å². The third-order valence-corrected chi connectivity index (χ3v) is 3.64. The predicted octanol–water partition coefficient (Wildman–Crippen LogP) is 3.67. The van der Waals surface area contributed by atoms with Crippen molar-refractivity contribution in [3.63, 3.8) is 0 Å². The minimum Gasteiger partial charge on any atom is -0.497 e. The number of halogens is 1. The molecule has 4 heteroatoms. The minimum absolute atomic E-state index is 0.671. The Kier molecular flexibility index (Phi) is 6.57. The molecule has 2 rings (SSSR count). The predicted molar refractivity (Wildman–Crippen MR) is 89.2 cm³/mol. The lowest BCUT2D eigenvalue weighted by molar-refractivity contribution is 0.314. The van der Waals surface area contributed by atoms with E-state index in [9.17, 15) is 0 Å². The molecule has 2 aromatic rings. The van der Waals surface area contributed by atoms with Gasteiger partial charge in [0.15, 0.2) is 0 Å². The number of rotatable bonds is 8. The first-order valence-electron chi connectivity index (χ1n) is 7.00. The van der Waals surface area contributed by atoms with Crippen molar-refractivity contribution in [2.24, 2.45) is 0 Å². The largest absolute Gasteiger partial charge is 0.497 e. The first kappa shape index (κ1) is 15.9. The van der Waals surface area contributed by atoms with E-state index >= 15 is 0 Å². The van der Waals surface area contributed by atoms with E-state index in [-0.39, 0.29) is 0 Å². The summed E-state index contributed by atoms with van der Waals surface area (Å²) in [6.45, 7) is 2.45. The molecule has 0 radical (unpaired) electrons. The van der Waals surface area contributed by atoms with E-state index < -0.39 is 0 Å². The van der Waals surface area contributed by atoms with Crippen molar-refractivity contribution in [1.82, 2.24) is 5.32 Å². The fourth-order valence-electron chi connectivity index (χ4n) is 1.92. The van der Waals surface area contributed by atoms with E-state index in [1.807, 2.05) is 36.4 Å². The van der Waals surface area contributed by atoms with Crippen LogP contribution in [0.5, 0.6) is 11.5 Å². The summed E-state index contributed by atoms with van der Waals surface area (Å²) in [7, 11) is 1.68. The van der Waals surface area contributed by atoms with Gasteiger partial charge < -0.3 is 14.8 Å². The fourth-order valence-corrected chi connectivity index (χ4v) is 2.19.